The number of ketones is 1. The number of para-hydroxylation sites is 1. The molecule has 3 aromatic carbocycles. The van der Waals surface area contributed by atoms with Gasteiger partial charge in [-0.2, -0.15) is 0 Å². The minimum absolute atomic E-state index is 0.0473. The van der Waals surface area contributed by atoms with E-state index >= 15 is 0 Å². The standard InChI is InChI=1S/C27H26ClN3O2/c1-3-10-24(32)27(2,30-21-14-9-13-20(28)17-21)26-29-23-16-8-7-15-22(23)25(33)31(26)18-19-11-5-4-6-12-19/h4-9,11-17,30H,3,10,18H2,1-2H3. The molecule has 0 aliphatic carbocycles. The number of Topliss-reactive ketones (excluding diaryl/α,β-unsaturated/α-hetero) is 1. The monoisotopic (exact) mass is 459 g/mol. The smallest absolute Gasteiger partial charge is 0.261 e. The molecule has 168 valence electrons. The van der Waals surface area contributed by atoms with Gasteiger partial charge < -0.3 is 5.32 Å². The molecule has 0 bridgehead atoms. The average molecular weight is 460 g/mol. The molecule has 5 nitrogen and oxygen atoms in total. The molecule has 0 saturated carbocycles. The Morgan fingerprint density at radius 2 is 1.76 bits per heavy atom. The van der Waals surface area contributed by atoms with Gasteiger partial charge in [0.2, 0.25) is 0 Å². The van der Waals surface area contributed by atoms with Crippen LogP contribution >= 0.6 is 11.6 Å². The summed E-state index contributed by atoms with van der Waals surface area (Å²) in [6.45, 7) is 4.06. The molecule has 6 heteroatoms. The fraction of sp³-hybridized carbons (Fsp3) is 0.222. The van der Waals surface area contributed by atoms with Crippen LogP contribution in [0.3, 0.4) is 0 Å². The third-order valence-corrected chi connectivity index (χ3v) is 5.98. The van der Waals surface area contributed by atoms with Crippen molar-refractivity contribution in [3.63, 3.8) is 0 Å². The SMILES string of the molecule is CCCC(=O)C(C)(Nc1cccc(Cl)c1)c1nc2ccccc2c(=O)n1Cc1ccccc1. The first-order valence-corrected chi connectivity index (χ1v) is 11.4. The first-order chi connectivity index (χ1) is 15.9. The molecular weight excluding hydrogens is 434 g/mol. The number of carbonyl (C=O) groups excluding carboxylic acids is 1. The normalized spacial score (nSPS) is 12.9. The summed E-state index contributed by atoms with van der Waals surface area (Å²) < 4.78 is 1.61. The Labute approximate surface area is 198 Å². The number of anilines is 1. The first-order valence-electron chi connectivity index (χ1n) is 11.0. The molecule has 33 heavy (non-hydrogen) atoms. The van der Waals surface area contributed by atoms with Gasteiger partial charge in [0.15, 0.2) is 11.3 Å². The number of halogens is 1. The summed E-state index contributed by atoms with van der Waals surface area (Å²) in [7, 11) is 0. The molecule has 0 fully saturated rings. The Morgan fingerprint density at radius 3 is 2.48 bits per heavy atom. The van der Waals surface area contributed by atoms with Crippen molar-refractivity contribution in [3.05, 3.63) is 106 Å². The quantitative estimate of drug-likeness (QED) is 0.362. The summed E-state index contributed by atoms with van der Waals surface area (Å²) in [5, 5.41) is 4.43. The van der Waals surface area contributed by atoms with Gasteiger partial charge in [0, 0.05) is 17.1 Å². The lowest BCUT2D eigenvalue weighted by atomic mass is 9.90. The summed E-state index contributed by atoms with van der Waals surface area (Å²) in [5.41, 5.74) is 0.778. The maximum Gasteiger partial charge on any atom is 0.261 e. The number of hydrogen-bond donors (Lipinski definition) is 1. The number of nitrogens with one attached hydrogen (secondary N) is 1. The largest absolute Gasteiger partial charge is 0.367 e. The van der Waals surface area contributed by atoms with Crippen LogP contribution in [-0.2, 0) is 16.9 Å². The molecule has 1 heterocycles. The fourth-order valence-electron chi connectivity index (χ4n) is 4.04. The average Bonchev–Trinajstić information content (AvgIpc) is 2.81. The van der Waals surface area contributed by atoms with Crippen molar-refractivity contribution in [2.75, 3.05) is 5.32 Å². The molecule has 0 aliphatic heterocycles. The highest BCUT2D eigenvalue weighted by atomic mass is 35.5. The number of nitrogens with zero attached hydrogens (tertiary/aromatic N) is 2. The van der Waals surface area contributed by atoms with E-state index in [4.69, 9.17) is 16.6 Å². The highest BCUT2D eigenvalue weighted by Crippen LogP contribution is 2.30. The number of rotatable bonds is 8. The number of benzene rings is 3. The number of hydrogen-bond acceptors (Lipinski definition) is 4. The second kappa shape index (κ2) is 9.59. The van der Waals surface area contributed by atoms with Crippen molar-refractivity contribution in [1.29, 1.82) is 0 Å². The van der Waals surface area contributed by atoms with Crippen LogP contribution in [-0.4, -0.2) is 15.3 Å². The zero-order valence-electron chi connectivity index (χ0n) is 18.7. The summed E-state index contributed by atoms with van der Waals surface area (Å²) in [6.07, 6.45) is 1.03. The molecule has 1 atom stereocenters. The maximum atomic E-state index is 13.7. The third kappa shape index (κ3) is 4.69. The van der Waals surface area contributed by atoms with E-state index in [0.29, 0.717) is 46.8 Å². The topological polar surface area (TPSA) is 64.0 Å². The van der Waals surface area contributed by atoms with Gasteiger partial charge in [0.05, 0.1) is 17.4 Å². The minimum Gasteiger partial charge on any atom is -0.367 e. The fourth-order valence-corrected chi connectivity index (χ4v) is 4.23. The Kier molecular flexibility index (Phi) is 6.61. The molecule has 0 radical (unpaired) electrons. The lowest BCUT2D eigenvalue weighted by Crippen LogP contribution is -2.46. The van der Waals surface area contributed by atoms with Crippen molar-refractivity contribution in [1.82, 2.24) is 9.55 Å². The Balaban J connectivity index is 1.96. The predicted octanol–water partition coefficient (Wildman–Crippen LogP) is 5.79. The summed E-state index contributed by atoms with van der Waals surface area (Å²) in [5.74, 6) is 0.336. The molecule has 0 aliphatic rings. The van der Waals surface area contributed by atoms with Gasteiger partial charge in [0.25, 0.3) is 5.56 Å². The van der Waals surface area contributed by atoms with Crippen molar-refractivity contribution < 1.29 is 4.79 Å². The lowest BCUT2D eigenvalue weighted by Gasteiger charge is -2.32. The van der Waals surface area contributed by atoms with E-state index in [1.165, 1.54) is 0 Å². The molecule has 1 aromatic heterocycles. The van der Waals surface area contributed by atoms with Gasteiger partial charge in [-0.15, -0.1) is 0 Å². The maximum absolute atomic E-state index is 13.7. The van der Waals surface area contributed by atoms with Crippen LogP contribution in [0.25, 0.3) is 10.9 Å². The van der Waals surface area contributed by atoms with Gasteiger partial charge >= 0.3 is 0 Å². The van der Waals surface area contributed by atoms with E-state index in [2.05, 4.69) is 5.32 Å². The molecular formula is C27H26ClN3O2. The number of aromatic nitrogens is 2. The van der Waals surface area contributed by atoms with Crippen molar-refractivity contribution >= 4 is 34.0 Å². The summed E-state index contributed by atoms with van der Waals surface area (Å²) in [6, 6.07) is 24.2. The lowest BCUT2D eigenvalue weighted by molar-refractivity contribution is -0.123. The predicted molar refractivity (Wildman–Crippen MR) is 134 cm³/mol. The zero-order valence-corrected chi connectivity index (χ0v) is 19.5. The van der Waals surface area contributed by atoms with Gasteiger partial charge in [-0.1, -0.05) is 67.1 Å². The molecule has 0 amide bonds. The van der Waals surface area contributed by atoms with E-state index in [9.17, 15) is 9.59 Å². The minimum atomic E-state index is -1.24. The molecule has 1 unspecified atom stereocenters. The zero-order chi connectivity index (χ0) is 23.4. The Bertz CT molecular complexity index is 1350. The number of carbonyl (C=O) groups is 1. The highest BCUT2D eigenvalue weighted by molar-refractivity contribution is 6.30. The van der Waals surface area contributed by atoms with Crippen molar-refractivity contribution in [2.24, 2.45) is 0 Å². The highest BCUT2D eigenvalue weighted by Gasteiger charge is 2.39. The van der Waals surface area contributed by atoms with Gasteiger partial charge in [-0.25, -0.2) is 4.98 Å². The van der Waals surface area contributed by atoms with E-state index in [-0.39, 0.29) is 11.3 Å². The molecule has 0 saturated heterocycles. The number of fused-ring (bicyclic) bond motifs is 1. The third-order valence-electron chi connectivity index (χ3n) is 5.75. The van der Waals surface area contributed by atoms with E-state index < -0.39 is 5.54 Å². The van der Waals surface area contributed by atoms with Crippen LogP contribution < -0.4 is 10.9 Å². The van der Waals surface area contributed by atoms with Crippen LogP contribution in [0.4, 0.5) is 5.69 Å². The Hall–Kier alpha value is -3.44. The van der Waals surface area contributed by atoms with Gasteiger partial charge in [0.1, 0.15) is 5.82 Å². The molecule has 1 N–H and O–H groups in total. The second-order valence-corrected chi connectivity index (χ2v) is 8.70. The van der Waals surface area contributed by atoms with E-state index in [1.54, 1.807) is 35.8 Å². The van der Waals surface area contributed by atoms with Crippen LogP contribution in [0.15, 0.2) is 83.7 Å². The van der Waals surface area contributed by atoms with E-state index in [0.717, 1.165) is 5.56 Å². The van der Waals surface area contributed by atoms with Gasteiger partial charge in [-0.3, -0.25) is 14.2 Å². The van der Waals surface area contributed by atoms with Crippen molar-refractivity contribution in [2.45, 2.75) is 38.8 Å². The van der Waals surface area contributed by atoms with E-state index in [1.807, 2.05) is 61.5 Å². The van der Waals surface area contributed by atoms with Crippen LogP contribution in [0.2, 0.25) is 5.02 Å². The Morgan fingerprint density at radius 1 is 1.03 bits per heavy atom. The summed E-state index contributed by atoms with van der Waals surface area (Å²) in [4.78, 5) is 32.1. The van der Waals surface area contributed by atoms with Crippen LogP contribution in [0.5, 0.6) is 0 Å². The van der Waals surface area contributed by atoms with Crippen LogP contribution in [0.1, 0.15) is 38.1 Å². The van der Waals surface area contributed by atoms with Gasteiger partial charge in [-0.05, 0) is 49.2 Å². The molecule has 0 spiro atoms. The molecule has 4 rings (SSSR count). The second-order valence-electron chi connectivity index (χ2n) is 8.26. The van der Waals surface area contributed by atoms with Crippen molar-refractivity contribution in [3.8, 4) is 0 Å². The first kappa shape index (κ1) is 22.7. The van der Waals surface area contributed by atoms with Crippen LogP contribution in [0, 0.1) is 0 Å². The molecule has 4 aromatic rings. The summed E-state index contributed by atoms with van der Waals surface area (Å²) >= 11 is 6.21.